The van der Waals surface area contributed by atoms with Crippen LogP contribution in [0.4, 0.5) is 0 Å². The molecule has 3 heterocycles. The van der Waals surface area contributed by atoms with Gasteiger partial charge in [-0.3, -0.25) is 0 Å². The molecular weight excluding hydrogens is 328 g/mol. The smallest absolute Gasteiger partial charge is 0.228 e. The number of rotatable bonds is 2. The molecule has 0 aliphatic rings. The summed E-state index contributed by atoms with van der Waals surface area (Å²) >= 11 is 0. The van der Waals surface area contributed by atoms with E-state index in [1.807, 2.05) is 61.5 Å². The van der Waals surface area contributed by atoms with Crippen molar-refractivity contribution in [2.75, 3.05) is 0 Å². The molecule has 0 spiro atoms. The van der Waals surface area contributed by atoms with Gasteiger partial charge in [-0.25, -0.2) is 4.98 Å². The molecule has 0 bridgehead atoms. The van der Waals surface area contributed by atoms with Crippen LogP contribution in [0, 0.1) is 12.1 Å². The van der Waals surface area contributed by atoms with Crippen molar-refractivity contribution in [3.63, 3.8) is 0 Å². The van der Waals surface area contributed by atoms with Crippen molar-refractivity contribution in [3.8, 4) is 22.4 Å². The Bertz CT molecular complexity index is 1260. The predicted molar refractivity (Wildman–Crippen MR) is 97.2 cm³/mol. The SMILES string of the molecule is Cc1c(-c2ccccc2)c2nc(-c3ccc4n[nH]nc4c3)ccn2[n+]1[O-]. The number of H-pyrrole nitrogens is 1. The van der Waals surface area contributed by atoms with E-state index in [0.29, 0.717) is 11.3 Å². The number of benzene rings is 2. The Morgan fingerprint density at radius 1 is 0.962 bits per heavy atom. The molecule has 1 N–H and O–H groups in total. The fraction of sp³-hybridized carbons (Fsp3) is 0.0526. The van der Waals surface area contributed by atoms with Crippen molar-refractivity contribution < 1.29 is 4.85 Å². The minimum absolute atomic E-state index is 0.618. The van der Waals surface area contributed by atoms with Crippen LogP contribution in [-0.4, -0.2) is 24.9 Å². The number of nitrogens with one attached hydrogen (secondary N) is 1. The zero-order valence-electron chi connectivity index (χ0n) is 13.9. The average molecular weight is 342 g/mol. The molecule has 0 aliphatic heterocycles. The Balaban J connectivity index is 1.76. The molecule has 7 nitrogen and oxygen atoms in total. The third-order valence-electron chi connectivity index (χ3n) is 4.56. The molecule has 5 aromatic rings. The second-order valence-electron chi connectivity index (χ2n) is 6.11. The Morgan fingerprint density at radius 3 is 2.62 bits per heavy atom. The fourth-order valence-corrected chi connectivity index (χ4v) is 3.25. The summed E-state index contributed by atoms with van der Waals surface area (Å²) in [6.45, 7) is 1.81. The van der Waals surface area contributed by atoms with E-state index >= 15 is 0 Å². The summed E-state index contributed by atoms with van der Waals surface area (Å²) in [6.07, 6.45) is 1.75. The number of nitrogens with zero attached hydrogens (tertiary/aromatic N) is 5. The zero-order chi connectivity index (χ0) is 17.7. The van der Waals surface area contributed by atoms with E-state index < -0.39 is 0 Å². The molecule has 0 unspecified atom stereocenters. The Kier molecular flexibility index (Phi) is 3.02. The van der Waals surface area contributed by atoms with Crippen molar-refractivity contribution in [3.05, 3.63) is 71.7 Å². The van der Waals surface area contributed by atoms with E-state index in [2.05, 4.69) is 15.4 Å². The van der Waals surface area contributed by atoms with Crippen LogP contribution in [0.1, 0.15) is 5.69 Å². The lowest BCUT2D eigenvalue weighted by molar-refractivity contribution is -0.682. The second-order valence-corrected chi connectivity index (χ2v) is 6.11. The monoisotopic (exact) mass is 342 g/mol. The molecular formula is C19H14N6O. The van der Waals surface area contributed by atoms with E-state index in [4.69, 9.17) is 4.98 Å². The molecule has 0 radical (unpaired) electrons. The van der Waals surface area contributed by atoms with Gasteiger partial charge in [-0.05, 0) is 23.8 Å². The van der Waals surface area contributed by atoms with Crippen LogP contribution in [0.15, 0.2) is 60.8 Å². The van der Waals surface area contributed by atoms with E-state index in [0.717, 1.165) is 38.3 Å². The molecule has 7 heteroatoms. The molecule has 3 aromatic heterocycles. The summed E-state index contributed by atoms with van der Waals surface area (Å²) in [7, 11) is 0. The topological polar surface area (TPSA) is 85.8 Å². The van der Waals surface area contributed by atoms with Crippen molar-refractivity contribution in [2.24, 2.45) is 0 Å². The first kappa shape index (κ1) is 14.6. The maximum absolute atomic E-state index is 12.5. The third kappa shape index (κ3) is 2.07. The summed E-state index contributed by atoms with van der Waals surface area (Å²) in [5, 5.41) is 23.3. The van der Waals surface area contributed by atoms with Gasteiger partial charge in [-0.15, -0.1) is 0 Å². The molecule has 0 amide bonds. The first-order chi connectivity index (χ1) is 12.7. The van der Waals surface area contributed by atoms with Crippen molar-refractivity contribution in [2.45, 2.75) is 6.92 Å². The minimum Gasteiger partial charge on any atom is -0.595 e. The zero-order valence-corrected chi connectivity index (χ0v) is 13.9. The largest absolute Gasteiger partial charge is 0.595 e. The number of hydrogen-bond donors (Lipinski definition) is 1. The van der Waals surface area contributed by atoms with E-state index in [1.165, 1.54) is 4.52 Å². The molecule has 0 saturated carbocycles. The molecule has 126 valence electrons. The highest BCUT2D eigenvalue weighted by atomic mass is 16.5. The number of fused-ring (bicyclic) bond motifs is 2. The number of aromatic nitrogens is 6. The lowest BCUT2D eigenvalue weighted by Gasteiger charge is -2.02. The van der Waals surface area contributed by atoms with Gasteiger partial charge in [0.05, 0.1) is 11.9 Å². The van der Waals surface area contributed by atoms with Gasteiger partial charge in [0.1, 0.15) is 16.6 Å². The van der Waals surface area contributed by atoms with Crippen LogP contribution in [0.3, 0.4) is 0 Å². The van der Waals surface area contributed by atoms with E-state index in [9.17, 15) is 5.21 Å². The van der Waals surface area contributed by atoms with Gasteiger partial charge in [-0.1, -0.05) is 45.8 Å². The maximum atomic E-state index is 12.5. The van der Waals surface area contributed by atoms with Crippen molar-refractivity contribution >= 4 is 16.7 Å². The molecule has 26 heavy (non-hydrogen) atoms. The van der Waals surface area contributed by atoms with Gasteiger partial charge in [0.15, 0.2) is 0 Å². The summed E-state index contributed by atoms with van der Waals surface area (Å²) in [5.74, 6) is 0. The fourth-order valence-electron chi connectivity index (χ4n) is 3.25. The van der Waals surface area contributed by atoms with Gasteiger partial charge in [0.2, 0.25) is 11.3 Å². The lowest BCUT2D eigenvalue weighted by Crippen LogP contribution is -2.35. The number of aromatic amines is 1. The maximum Gasteiger partial charge on any atom is 0.228 e. The number of hydrogen-bond acceptors (Lipinski definition) is 4. The summed E-state index contributed by atoms with van der Waals surface area (Å²) in [5.41, 5.74) is 6.32. The van der Waals surface area contributed by atoms with Crippen molar-refractivity contribution in [1.29, 1.82) is 0 Å². The highest BCUT2D eigenvalue weighted by Gasteiger charge is 2.22. The summed E-state index contributed by atoms with van der Waals surface area (Å²) in [4.78, 5) is 5.65. The van der Waals surface area contributed by atoms with Crippen molar-refractivity contribution in [1.82, 2.24) is 24.9 Å². The predicted octanol–water partition coefficient (Wildman–Crippen LogP) is 2.88. The van der Waals surface area contributed by atoms with Crippen LogP contribution >= 0.6 is 0 Å². The Hall–Kier alpha value is -3.74. The standard InChI is InChI=1S/C19H14N6O/c1-12-18(13-5-3-2-4-6-13)19-20-15(9-10-24(19)25(12)26)14-7-8-16-17(11-14)22-23-21-16/h2-11H,1H3,(H,21,22,23). The van der Waals surface area contributed by atoms with E-state index in [-0.39, 0.29) is 0 Å². The highest BCUT2D eigenvalue weighted by molar-refractivity contribution is 5.82. The first-order valence-corrected chi connectivity index (χ1v) is 8.20. The minimum atomic E-state index is 0.618. The van der Waals surface area contributed by atoms with Gasteiger partial charge in [0.25, 0.3) is 0 Å². The highest BCUT2D eigenvalue weighted by Crippen LogP contribution is 2.28. The second kappa shape index (κ2) is 5.38. The van der Waals surface area contributed by atoms with Gasteiger partial charge >= 0.3 is 0 Å². The van der Waals surface area contributed by atoms with Gasteiger partial charge in [-0.2, -0.15) is 15.4 Å². The van der Waals surface area contributed by atoms with Crippen LogP contribution < -0.4 is 4.85 Å². The van der Waals surface area contributed by atoms with Crippen LogP contribution in [0.5, 0.6) is 0 Å². The van der Waals surface area contributed by atoms with Crippen LogP contribution in [0.25, 0.3) is 39.1 Å². The normalized spacial score (nSPS) is 11.4. The average Bonchev–Trinajstić information content (AvgIpc) is 3.25. The third-order valence-corrected chi connectivity index (χ3v) is 4.56. The summed E-state index contributed by atoms with van der Waals surface area (Å²) < 4.78 is 1.52. The van der Waals surface area contributed by atoms with Crippen LogP contribution in [0.2, 0.25) is 0 Å². The first-order valence-electron chi connectivity index (χ1n) is 8.20. The molecule has 2 aromatic carbocycles. The van der Waals surface area contributed by atoms with Crippen LogP contribution in [-0.2, 0) is 0 Å². The van der Waals surface area contributed by atoms with Gasteiger partial charge < -0.3 is 5.21 Å². The lowest BCUT2D eigenvalue weighted by atomic mass is 10.1. The summed E-state index contributed by atoms with van der Waals surface area (Å²) in [6, 6.07) is 17.4. The Morgan fingerprint density at radius 2 is 1.77 bits per heavy atom. The molecule has 0 saturated heterocycles. The molecule has 0 atom stereocenters. The molecule has 0 aliphatic carbocycles. The quantitative estimate of drug-likeness (QED) is 0.395. The Labute approximate surface area is 148 Å². The molecule has 5 rings (SSSR count). The van der Waals surface area contributed by atoms with E-state index in [1.54, 1.807) is 6.20 Å². The molecule has 0 fully saturated rings. The van der Waals surface area contributed by atoms with Gasteiger partial charge in [0, 0.05) is 12.5 Å².